The average Bonchev–Trinajstić information content (AvgIpc) is 2.04. The minimum atomic E-state index is -0.342. The van der Waals surface area contributed by atoms with Crippen LogP contribution in [-0.2, 0) is 0 Å². The van der Waals surface area contributed by atoms with Gasteiger partial charge in [-0.2, -0.15) is 0 Å². The molecule has 0 spiro atoms. The maximum absolute atomic E-state index is 9.83. The van der Waals surface area contributed by atoms with Crippen molar-refractivity contribution in [1.82, 2.24) is 0 Å². The van der Waals surface area contributed by atoms with Gasteiger partial charge in [0, 0.05) is 0 Å². The molecule has 0 saturated carbocycles. The normalized spacial score (nSPS) is 16.3. The predicted molar refractivity (Wildman–Crippen MR) is 60.2 cm³/mol. The van der Waals surface area contributed by atoms with Crippen LogP contribution in [0.3, 0.4) is 0 Å². The molecular weight excluding hydrogens is 176 g/mol. The molecule has 14 heavy (non-hydrogen) atoms. The zero-order valence-electron chi connectivity index (χ0n) is 10.0. The number of rotatable bonds is 7. The van der Waals surface area contributed by atoms with Crippen LogP contribution in [0.25, 0.3) is 0 Å². The SMILES string of the molecule is CCC(CC)[C@H](O)C[C@H](O)CC(C)C. The summed E-state index contributed by atoms with van der Waals surface area (Å²) in [6.07, 6.45) is 2.63. The van der Waals surface area contributed by atoms with Crippen LogP contribution < -0.4 is 0 Å². The smallest absolute Gasteiger partial charge is 0.0592 e. The van der Waals surface area contributed by atoms with Gasteiger partial charge in [-0.1, -0.05) is 40.5 Å². The second kappa shape index (κ2) is 7.24. The van der Waals surface area contributed by atoms with Crippen LogP contribution in [0.2, 0.25) is 0 Å². The number of hydrogen-bond acceptors (Lipinski definition) is 2. The van der Waals surface area contributed by atoms with Crippen molar-refractivity contribution >= 4 is 0 Å². The van der Waals surface area contributed by atoms with Crippen LogP contribution in [0.15, 0.2) is 0 Å². The van der Waals surface area contributed by atoms with Crippen molar-refractivity contribution in [2.24, 2.45) is 11.8 Å². The summed E-state index contributed by atoms with van der Waals surface area (Å²) in [5, 5.41) is 19.5. The summed E-state index contributed by atoms with van der Waals surface area (Å²) in [6, 6.07) is 0. The fourth-order valence-corrected chi connectivity index (χ4v) is 1.94. The van der Waals surface area contributed by atoms with Crippen molar-refractivity contribution in [2.75, 3.05) is 0 Å². The molecule has 2 N–H and O–H groups in total. The van der Waals surface area contributed by atoms with Gasteiger partial charge in [0.1, 0.15) is 0 Å². The minimum absolute atomic E-state index is 0.334. The van der Waals surface area contributed by atoms with Gasteiger partial charge in [-0.15, -0.1) is 0 Å². The molecule has 2 heteroatoms. The van der Waals surface area contributed by atoms with E-state index >= 15 is 0 Å². The first-order chi connectivity index (χ1) is 6.51. The van der Waals surface area contributed by atoms with Gasteiger partial charge in [0.15, 0.2) is 0 Å². The second-order valence-electron chi connectivity index (χ2n) is 4.66. The lowest BCUT2D eigenvalue weighted by Gasteiger charge is -2.23. The highest BCUT2D eigenvalue weighted by Gasteiger charge is 2.19. The molecule has 0 aliphatic rings. The third kappa shape index (κ3) is 5.61. The quantitative estimate of drug-likeness (QED) is 0.666. The Morgan fingerprint density at radius 2 is 1.43 bits per heavy atom. The van der Waals surface area contributed by atoms with Gasteiger partial charge in [-0.05, 0) is 24.7 Å². The fraction of sp³-hybridized carbons (Fsp3) is 1.00. The van der Waals surface area contributed by atoms with Gasteiger partial charge >= 0.3 is 0 Å². The molecule has 0 aromatic rings. The van der Waals surface area contributed by atoms with Crippen LogP contribution >= 0.6 is 0 Å². The van der Waals surface area contributed by atoms with E-state index in [0.29, 0.717) is 18.3 Å². The maximum atomic E-state index is 9.83. The van der Waals surface area contributed by atoms with Gasteiger partial charge < -0.3 is 10.2 Å². The van der Waals surface area contributed by atoms with Crippen molar-refractivity contribution in [3.05, 3.63) is 0 Å². The van der Waals surface area contributed by atoms with Gasteiger partial charge in [-0.25, -0.2) is 0 Å². The summed E-state index contributed by atoms with van der Waals surface area (Å²) < 4.78 is 0. The Bertz CT molecular complexity index is 130. The van der Waals surface area contributed by atoms with Crippen molar-refractivity contribution < 1.29 is 10.2 Å². The Morgan fingerprint density at radius 3 is 1.79 bits per heavy atom. The number of hydrogen-bond donors (Lipinski definition) is 2. The summed E-state index contributed by atoms with van der Waals surface area (Å²) in [7, 11) is 0. The molecule has 0 amide bonds. The largest absolute Gasteiger partial charge is 0.393 e. The van der Waals surface area contributed by atoms with E-state index < -0.39 is 0 Å². The first-order valence-electron chi connectivity index (χ1n) is 5.87. The zero-order chi connectivity index (χ0) is 11.1. The summed E-state index contributed by atoms with van der Waals surface area (Å²) in [6.45, 7) is 8.36. The third-order valence-electron chi connectivity index (χ3n) is 2.85. The monoisotopic (exact) mass is 202 g/mol. The van der Waals surface area contributed by atoms with E-state index in [9.17, 15) is 10.2 Å². The lowest BCUT2D eigenvalue weighted by atomic mass is 9.90. The number of aliphatic hydroxyl groups excluding tert-OH is 2. The molecule has 0 saturated heterocycles. The second-order valence-corrected chi connectivity index (χ2v) is 4.66. The molecule has 0 aromatic carbocycles. The molecular formula is C12H26O2. The van der Waals surface area contributed by atoms with Gasteiger partial charge in [0.25, 0.3) is 0 Å². The minimum Gasteiger partial charge on any atom is -0.393 e. The van der Waals surface area contributed by atoms with E-state index in [-0.39, 0.29) is 12.2 Å². The first-order valence-corrected chi connectivity index (χ1v) is 5.87. The van der Waals surface area contributed by atoms with Crippen LogP contribution in [0, 0.1) is 11.8 Å². The third-order valence-corrected chi connectivity index (χ3v) is 2.85. The highest BCUT2D eigenvalue weighted by Crippen LogP contribution is 2.19. The molecule has 2 atom stereocenters. The lowest BCUT2D eigenvalue weighted by Crippen LogP contribution is -2.25. The molecule has 2 nitrogen and oxygen atoms in total. The first kappa shape index (κ1) is 13.9. The standard InChI is InChI=1S/C12H26O2/c1-5-10(6-2)12(14)8-11(13)7-9(3)4/h9-14H,5-8H2,1-4H3/t11-,12-/m1/s1. The Hall–Kier alpha value is -0.0800. The van der Waals surface area contributed by atoms with Crippen molar-refractivity contribution in [2.45, 2.75) is 65.6 Å². The summed E-state index contributed by atoms with van der Waals surface area (Å²) in [5.74, 6) is 0.843. The summed E-state index contributed by atoms with van der Waals surface area (Å²) >= 11 is 0. The molecule has 0 bridgehead atoms. The Kier molecular flexibility index (Phi) is 7.20. The Labute approximate surface area is 88.3 Å². The summed E-state index contributed by atoms with van der Waals surface area (Å²) in [5.41, 5.74) is 0. The van der Waals surface area contributed by atoms with Gasteiger partial charge in [-0.3, -0.25) is 0 Å². The van der Waals surface area contributed by atoms with Gasteiger partial charge in [0.05, 0.1) is 12.2 Å². The average molecular weight is 202 g/mol. The molecule has 0 heterocycles. The van der Waals surface area contributed by atoms with E-state index in [1.807, 2.05) is 0 Å². The Morgan fingerprint density at radius 1 is 0.929 bits per heavy atom. The predicted octanol–water partition coefficient (Wildman–Crippen LogP) is 2.58. The number of aliphatic hydroxyl groups is 2. The van der Waals surface area contributed by atoms with Crippen molar-refractivity contribution in [3.63, 3.8) is 0 Å². The molecule has 86 valence electrons. The molecule has 0 aromatic heterocycles. The van der Waals surface area contributed by atoms with Crippen LogP contribution in [0.4, 0.5) is 0 Å². The van der Waals surface area contributed by atoms with E-state index in [1.54, 1.807) is 0 Å². The fourth-order valence-electron chi connectivity index (χ4n) is 1.94. The van der Waals surface area contributed by atoms with Gasteiger partial charge in [0.2, 0.25) is 0 Å². The van der Waals surface area contributed by atoms with Crippen LogP contribution in [-0.4, -0.2) is 22.4 Å². The molecule has 0 unspecified atom stereocenters. The van der Waals surface area contributed by atoms with Crippen molar-refractivity contribution in [3.8, 4) is 0 Å². The summed E-state index contributed by atoms with van der Waals surface area (Å²) in [4.78, 5) is 0. The topological polar surface area (TPSA) is 40.5 Å². The van der Waals surface area contributed by atoms with E-state index in [4.69, 9.17) is 0 Å². The molecule has 0 fully saturated rings. The highest BCUT2D eigenvalue weighted by molar-refractivity contribution is 4.71. The molecule has 0 radical (unpaired) electrons. The molecule has 0 rings (SSSR count). The zero-order valence-corrected chi connectivity index (χ0v) is 10.0. The van der Waals surface area contributed by atoms with Crippen LogP contribution in [0.1, 0.15) is 53.4 Å². The van der Waals surface area contributed by atoms with E-state index in [0.717, 1.165) is 19.3 Å². The highest BCUT2D eigenvalue weighted by atomic mass is 16.3. The molecule has 0 aliphatic heterocycles. The molecule has 0 aliphatic carbocycles. The van der Waals surface area contributed by atoms with Crippen LogP contribution in [0.5, 0.6) is 0 Å². The van der Waals surface area contributed by atoms with Crippen molar-refractivity contribution in [1.29, 1.82) is 0 Å². The van der Waals surface area contributed by atoms with E-state index in [1.165, 1.54) is 0 Å². The Balaban J connectivity index is 3.84. The maximum Gasteiger partial charge on any atom is 0.0592 e. The van der Waals surface area contributed by atoms with E-state index in [2.05, 4.69) is 27.7 Å². The lowest BCUT2D eigenvalue weighted by molar-refractivity contribution is 0.0331.